The second kappa shape index (κ2) is 12.9. The minimum Gasteiger partial charge on any atom is -0.347 e. The smallest absolute Gasteiger partial charge is 0.347 e. The van der Waals surface area contributed by atoms with Crippen LogP contribution in [0.25, 0.3) is 12.2 Å². The third-order valence-electron chi connectivity index (χ3n) is 4.35. The monoisotopic (exact) mass is 446 g/mol. The molecular formula is C28H22FeO2. The van der Waals surface area contributed by atoms with E-state index in [1.165, 1.54) is 0 Å². The van der Waals surface area contributed by atoms with Crippen molar-refractivity contribution < 1.29 is 26.7 Å². The van der Waals surface area contributed by atoms with Crippen LogP contribution < -0.4 is 0 Å². The molecule has 0 aromatic heterocycles. The standard InChI is InChI=1S/2C14H11O.Fe/c2*15-14(13-8-4-5-9-13)11-10-12-6-2-1-3-7-12;/h2*1-11H;/q2*-1;+2. The molecule has 4 aromatic carbocycles. The zero-order valence-corrected chi connectivity index (χ0v) is 18.0. The van der Waals surface area contributed by atoms with Crippen LogP contribution in [0.4, 0.5) is 0 Å². The number of rotatable bonds is 6. The number of ketones is 2. The molecule has 154 valence electrons. The summed E-state index contributed by atoms with van der Waals surface area (Å²) >= 11 is 0. The van der Waals surface area contributed by atoms with Gasteiger partial charge in [0, 0.05) is 0 Å². The summed E-state index contributed by atoms with van der Waals surface area (Å²) in [6.07, 6.45) is 6.86. The molecule has 0 amide bonds. The molecule has 0 bridgehead atoms. The van der Waals surface area contributed by atoms with Crippen molar-refractivity contribution in [3.05, 3.63) is 144 Å². The van der Waals surface area contributed by atoms with Crippen LogP contribution in [-0.4, -0.2) is 11.6 Å². The van der Waals surface area contributed by atoms with Crippen LogP contribution in [0.15, 0.2) is 121 Å². The van der Waals surface area contributed by atoms with Gasteiger partial charge in [-0.1, -0.05) is 85.0 Å². The number of benzene rings is 2. The van der Waals surface area contributed by atoms with E-state index >= 15 is 0 Å². The molecule has 0 heterocycles. The minimum absolute atomic E-state index is 0. The molecule has 4 rings (SSSR count). The summed E-state index contributed by atoms with van der Waals surface area (Å²) in [5.74, 6) is 0.0905. The van der Waals surface area contributed by atoms with Crippen molar-refractivity contribution in [1.82, 2.24) is 0 Å². The number of carbonyl (C=O) groups is 2. The molecule has 0 saturated heterocycles. The molecule has 0 unspecified atom stereocenters. The zero-order valence-electron chi connectivity index (χ0n) is 16.9. The molecule has 0 radical (unpaired) electrons. The first-order chi connectivity index (χ1) is 14.7. The van der Waals surface area contributed by atoms with Crippen LogP contribution in [-0.2, 0) is 17.1 Å². The Labute approximate surface area is 193 Å². The Kier molecular flexibility index (Phi) is 9.90. The summed E-state index contributed by atoms with van der Waals surface area (Å²) in [7, 11) is 0. The summed E-state index contributed by atoms with van der Waals surface area (Å²) in [5.41, 5.74) is 3.55. The van der Waals surface area contributed by atoms with E-state index in [-0.39, 0.29) is 28.6 Å². The third-order valence-corrected chi connectivity index (χ3v) is 4.35. The quantitative estimate of drug-likeness (QED) is 0.145. The van der Waals surface area contributed by atoms with Gasteiger partial charge in [-0.15, -0.1) is 23.3 Å². The van der Waals surface area contributed by atoms with Crippen molar-refractivity contribution in [2.24, 2.45) is 0 Å². The van der Waals surface area contributed by atoms with Gasteiger partial charge < -0.3 is 9.59 Å². The van der Waals surface area contributed by atoms with Gasteiger partial charge in [0.05, 0.1) is 0 Å². The van der Waals surface area contributed by atoms with Crippen molar-refractivity contribution in [1.29, 1.82) is 0 Å². The maximum atomic E-state index is 11.6. The van der Waals surface area contributed by atoms with Gasteiger partial charge in [-0.2, -0.15) is 36.4 Å². The van der Waals surface area contributed by atoms with Gasteiger partial charge in [-0.05, 0) is 11.1 Å². The maximum absolute atomic E-state index is 11.6. The van der Waals surface area contributed by atoms with E-state index in [2.05, 4.69) is 0 Å². The molecule has 0 aliphatic carbocycles. The number of hydrogen-bond donors (Lipinski definition) is 0. The Bertz CT molecular complexity index is 997. The van der Waals surface area contributed by atoms with Crippen LogP contribution >= 0.6 is 0 Å². The largest absolute Gasteiger partial charge is 2.00 e. The fourth-order valence-corrected chi connectivity index (χ4v) is 2.74. The SMILES string of the molecule is O=C(C=Cc1ccccc1)c1ccc[cH-]1.O=C(C=Cc1ccccc1)c1ccc[cH-]1.[Fe+2]. The normalized spacial score (nSPS) is 10.3. The molecule has 0 fully saturated rings. The number of hydrogen-bond acceptors (Lipinski definition) is 2. The van der Waals surface area contributed by atoms with E-state index in [1.54, 1.807) is 12.2 Å². The fourth-order valence-electron chi connectivity index (χ4n) is 2.74. The van der Waals surface area contributed by atoms with Gasteiger partial charge in [-0.25, -0.2) is 0 Å². The predicted molar refractivity (Wildman–Crippen MR) is 124 cm³/mol. The van der Waals surface area contributed by atoms with E-state index in [0.717, 1.165) is 22.3 Å². The molecule has 0 N–H and O–H groups in total. The van der Waals surface area contributed by atoms with E-state index in [9.17, 15) is 9.59 Å². The Morgan fingerprint density at radius 1 is 0.548 bits per heavy atom. The second-order valence-corrected chi connectivity index (χ2v) is 6.56. The summed E-state index contributed by atoms with van der Waals surface area (Å²) in [6.45, 7) is 0. The number of carbonyl (C=O) groups excluding carboxylic acids is 2. The molecule has 31 heavy (non-hydrogen) atoms. The van der Waals surface area contributed by atoms with Crippen LogP contribution in [0.3, 0.4) is 0 Å². The van der Waals surface area contributed by atoms with Gasteiger partial charge in [0.1, 0.15) is 11.6 Å². The Hall–Kier alpha value is -3.52. The van der Waals surface area contributed by atoms with Crippen molar-refractivity contribution in [2.75, 3.05) is 0 Å². The molecule has 0 atom stereocenters. The minimum atomic E-state index is 0. The maximum Gasteiger partial charge on any atom is 2.00 e. The van der Waals surface area contributed by atoms with Crippen molar-refractivity contribution in [2.45, 2.75) is 0 Å². The van der Waals surface area contributed by atoms with Gasteiger partial charge in [-0.3, -0.25) is 0 Å². The molecule has 0 spiro atoms. The molecule has 2 nitrogen and oxygen atoms in total. The topological polar surface area (TPSA) is 34.1 Å². The average Bonchev–Trinajstić information content (AvgIpc) is 3.52. The first-order valence-corrected chi connectivity index (χ1v) is 9.71. The Balaban J connectivity index is 0.000000213. The van der Waals surface area contributed by atoms with E-state index < -0.39 is 0 Å². The Morgan fingerprint density at radius 3 is 1.26 bits per heavy atom. The zero-order chi connectivity index (χ0) is 21.0. The van der Waals surface area contributed by atoms with E-state index in [4.69, 9.17) is 0 Å². The predicted octanol–water partition coefficient (Wildman–Crippen LogP) is 6.60. The van der Waals surface area contributed by atoms with Crippen LogP contribution in [0.1, 0.15) is 31.8 Å². The first-order valence-electron chi connectivity index (χ1n) is 9.71. The summed E-state index contributed by atoms with van der Waals surface area (Å²) in [6, 6.07) is 34.3. The second-order valence-electron chi connectivity index (χ2n) is 6.56. The summed E-state index contributed by atoms with van der Waals surface area (Å²) in [5, 5.41) is 0. The third kappa shape index (κ3) is 8.02. The van der Waals surface area contributed by atoms with Crippen LogP contribution in [0.2, 0.25) is 0 Å². The Morgan fingerprint density at radius 2 is 0.935 bits per heavy atom. The van der Waals surface area contributed by atoms with Gasteiger partial charge in [0.2, 0.25) is 0 Å². The van der Waals surface area contributed by atoms with Gasteiger partial charge >= 0.3 is 17.1 Å². The van der Waals surface area contributed by atoms with Crippen molar-refractivity contribution in [3.63, 3.8) is 0 Å². The first kappa shape index (κ1) is 23.8. The molecule has 0 aliphatic heterocycles. The average molecular weight is 446 g/mol. The molecule has 0 saturated carbocycles. The molecule has 4 aromatic rings. The molecular weight excluding hydrogens is 424 g/mol. The van der Waals surface area contributed by atoms with Crippen molar-refractivity contribution >= 4 is 23.7 Å². The molecule has 3 heteroatoms. The van der Waals surface area contributed by atoms with E-state index in [0.29, 0.717) is 0 Å². The van der Waals surface area contributed by atoms with Crippen LogP contribution in [0, 0.1) is 0 Å². The summed E-state index contributed by atoms with van der Waals surface area (Å²) in [4.78, 5) is 23.2. The van der Waals surface area contributed by atoms with Crippen molar-refractivity contribution in [3.8, 4) is 0 Å². The van der Waals surface area contributed by atoms with Crippen LogP contribution in [0.5, 0.6) is 0 Å². The number of allylic oxidation sites excluding steroid dienone is 2. The fraction of sp³-hybridized carbons (Fsp3) is 0. The van der Waals surface area contributed by atoms with Gasteiger partial charge in [0.15, 0.2) is 0 Å². The van der Waals surface area contributed by atoms with Gasteiger partial charge in [0.25, 0.3) is 0 Å². The van der Waals surface area contributed by atoms with E-state index in [1.807, 2.05) is 121 Å². The molecule has 0 aliphatic rings. The summed E-state index contributed by atoms with van der Waals surface area (Å²) < 4.78 is 0.